The van der Waals surface area contributed by atoms with E-state index < -0.39 is 0 Å². The van der Waals surface area contributed by atoms with Gasteiger partial charge < -0.3 is 9.63 Å². The molecule has 3 unspecified atom stereocenters. The Morgan fingerprint density at radius 3 is 2.86 bits per heavy atom. The Balaban J connectivity index is 1.81. The number of rotatable bonds is 2. The molecular formula is C14H15IN2O2S2. The Hall–Kier alpha value is -0.410. The quantitative estimate of drug-likeness (QED) is 0.710. The molecule has 3 atom stereocenters. The van der Waals surface area contributed by atoms with Crippen molar-refractivity contribution in [3.8, 4) is 17.2 Å². The fraction of sp³-hybridized carbons (Fsp3) is 0.429. The maximum absolute atomic E-state index is 9.78. The number of benzene rings is 1. The first-order chi connectivity index (χ1) is 10.0. The number of aromatic nitrogens is 2. The number of phenols is 1. The van der Waals surface area contributed by atoms with Gasteiger partial charge >= 0.3 is 0 Å². The number of phenolic OH excluding ortho intramolecular Hbond substituents is 1. The largest absolute Gasteiger partial charge is 0.507 e. The zero-order chi connectivity index (χ0) is 15.0. The third-order valence-electron chi connectivity index (χ3n) is 3.47. The summed E-state index contributed by atoms with van der Waals surface area (Å²) in [4.78, 5) is 4.51. The van der Waals surface area contributed by atoms with Crippen LogP contribution in [-0.4, -0.2) is 31.5 Å². The Morgan fingerprint density at radius 2 is 2.14 bits per heavy atom. The number of nitrogens with zero attached hydrogens (tertiary/aromatic N) is 2. The highest BCUT2D eigenvalue weighted by Crippen LogP contribution is 2.43. The van der Waals surface area contributed by atoms with Gasteiger partial charge in [0.2, 0.25) is 0 Å². The molecule has 1 saturated heterocycles. The lowest BCUT2D eigenvalue weighted by Gasteiger charge is -2.29. The van der Waals surface area contributed by atoms with E-state index in [0.29, 0.717) is 16.4 Å². The minimum Gasteiger partial charge on any atom is -0.507 e. The van der Waals surface area contributed by atoms with Crippen molar-refractivity contribution in [1.82, 2.24) is 10.1 Å². The van der Waals surface area contributed by atoms with Crippen LogP contribution in [0, 0.1) is 3.57 Å². The van der Waals surface area contributed by atoms with Crippen molar-refractivity contribution in [2.75, 3.05) is 5.75 Å². The highest BCUT2D eigenvalue weighted by atomic mass is 127. The highest BCUT2D eigenvalue weighted by molar-refractivity contribution is 14.1. The van der Waals surface area contributed by atoms with Gasteiger partial charge in [-0.05, 0) is 40.8 Å². The van der Waals surface area contributed by atoms with E-state index in [9.17, 15) is 5.11 Å². The first-order valence-electron chi connectivity index (χ1n) is 6.64. The van der Waals surface area contributed by atoms with Crippen LogP contribution in [0.15, 0.2) is 22.7 Å². The van der Waals surface area contributed by atoms with Gasteiger partial charge in [-0.25, -0.2) is 0 Å². The van der Waals surface area contributed by atoms with E-state index in [-0.39, 0.29) is 11.0 Å². The van der Waals surface area contributed by atoms with Gasteiger partial charge in [-0.15, -0.1) is 11.8 Å². The molecule has 1 fully saturated rings. The monoisotopic (exact) mass is 434 g/mol. The minimum absolute atomic E-state index is 0.234. The Bertz CT molecular complexity index is 650. The molecule has 1 aromatic heterocycles. The minimum atomic E-state index is 0.234. The molecule has 1 N–H and O–H groups in total. The number of aromatic hydroxyl groups is 1. The maximum Gasteiger partial charge on any atom is 0.258 e. The lowest BCUT2D eigenvalue weighted by atomic mass is 10.2. The normalized spacial score (nSPS) is 26.0. The van der Waals surface area contributed by atoms with E-state index in [4.69, 9.17) is 4.52 Å². The molecule has 2 heterocycles. The van der Waals surface area contributed by atoms with Gasteiger partial charge in [-0.2, -0.15) is 16.7 Å². The first-order valence-corrected chi connectivity index (χ1v) is 9.71. The predicted molar refractivity (Wildman–Crippen MR) is 95.8 cm³/mol. The van der Waals surface area contributed by atoms with Gasteiger partial charge in [-0.1, -0.05) is 19.0 Å². The van der Waals surface area contributed by atoms with Crippen LogP contribution in [0.3, 0.4) is 0 Å². The van der Waals surface area contributed by atoms with E-state index in [1.165, 1.54) is 0 Å². The van der Waals surface area contributed by atoms with Gasteiger partial charge in [0.1, 0.15) is 5.75 Å². The van der Waals surface area contributed by atoms with Crippen LogP contribution in [0.2, 0.25) is 0 Å². The smallest absolute Gasteiger partial charge is 0.258 e. The van der Waals surface area contributed by atoms with Gasteiger partial charge in [0, 0.05) is 21.8 Å². The summed E-state index contributed by atoms with van der Waals surface area (Å²) in [5, 5.41) is 15.4. The maximum atomic E-state index is 9.78. The highest BCUT2D eigenvalue weighted by Gasteiger charge is 2.30. The van der Waals surface area contributed by atoms with Crippen molar-refractivity contribution in [2.24, 2.45) is 0 Å². The molecule has 1 aliphatic rings. The molecule has 0 spiro atoms. The molecular weight excluding hydrogens is 419 g/mol. The van der Waals surface area contributed by atoms with Crippen molar-refractivity contribution in [1.29, 1.82) is 0 Å². The Labute approximate surface area is 145 Å². The van der Waals surface area contributed by atoms with E-state index in [1.807, 2.05) is 35.7 Å². The standard InChI is InChI=1S/C14H15IN2O2S2/c1-7-8(2)21-12(6-20-7)13-16-14(19-17-13)9-3-4-10(15)11(18)5-9/h3-5,7-8,12,18H,6H2,1-2H3. The summed E-state index contributed by atoms with van der Waals surface area (Å²) in [6.45, 7) is 4.50. The molecule has 4 nitrogen and oxygen atoms in total. The van der Waals surface area contributed by atoms with Crippen molar-refractivity contribution in [2.45, 2.75) is 29.6 Å². The second kappa shape index (κ2) is 6.37. The lowest BCUT2D eigenvalue weighted by Crippen LogP contribution is -2.22. The van der Waals surface area contributed by atoms with Crippen LogP contribution in [0.25, 0.3) is 11.5 Å². The molecule has 0 aliphatic carbocycles. The number of hydrogen-bond acceptors (Lipinski definition) is 6. The second-order valence-electron chi connectivity index (χ2n) is 4.99. The van der Waals surface area contributed by atoms with Gasteiger partial charge in [-0.3, -0.25) is 0 Å². The van der Waals surface area contributed by atoms with Crippen molar-refractivity contribution >= 4 is 46.1 Å². The van der Waals surface area contributed by atoms with Crippen LogP contribution in [0.1, 0.15) is 24.9 Å². The fourth-order valence-electron chi connectivity index (χ4n) is 2.05. The number of halogens is 1. The van der Waals surface area contributed by atoms with Gasteiger partial charge in [0.15, 0.2) is 5.82 Å². The zero-order valence-electron chi connectivity index (χ0n) is 11.6. The Morgan fingerprint density at radius 1 is 1.33 bits per heavy atom. The zero-order valence-corrected chi connectivity index (χ0v) is 15.4. The van der Waals surface area contributed by atoms with Crippen molar-refractivity contribution in [3.05, 3.63) is 27.6 Å². The van der Waals surface area contributed by atoms with E-state index in [0.717, 1.165) is 20.7 Å². The van der Waals surface area contributed by atoms with Crippen LogP contribution in [-0.2, 0) is 0 Å². The molecule has 0 amide bonds. The summed E-state index contributed by atoms with van der Waals surface area (Å²) in [5.74, 6) is 2.46. The first kappa shape index (κ1) is 15.5. The van der Waals surface area contributed by atoms with Crippen LogP contribution < -0.4 is 0 Å². The van der Waals surface area contributed by atoms with Gasteiger partial charge in [0.05, 0.1) is 8.82 Å². The SMILES string of the molecule is CC1SCC(c2noc(-c3ccc(I)c(O)c3)n2)SC1C. The summed E-state index contributed by atoms with van der Waals surface area (Å²) in [6, 6.07) is 5.38. The molecule has 0 saturated carbocycles. The average Bonchev–Trinajstić information content (AvgIpc) is 2.94. The van der Waals surface area contributed by atoms with E-state index >= 15 is 0 Å². The molecule has 0 bridgehead atoms. The van der Waals surface area contributed by atoms with Crippen LogP contribution in [0.5, 0.6) is 5.75 Å². The summed E-state index contributed by atoms with van der Waals surface area (Å²) in [6.07, 6.45) is 0. The summed E-state index contributed by atoms with van der Waals surface area (Å²) >= 11 is 5.94. The molecule has 1 aromatic carbocycles. The average molecular weight is 434 g/mol. The summed E-state index contributed by atoms with van der Waals surface area (Å²) in [7, 11) is 0. The van der Waals surface area contributed by atoms with Gasteiger partial charge in [0.25, 0.3) is 5.89 Å². The third-order valence-corrected chi connectivity index (χ3v) is 7.77. The molecule has 112 valence electrons. The van der Waals surface area contributed by atoms with Crippen LogP contribution >= 0.6 is 46.1 Å². The van der Waals surface area contributed by atoms with Crippen LogP contribution in [0.4, 0.5) is 0 Å². The Kier molecular flexibility index (Phi) is 4.70. The van der Waals surface area contributed by atoms with E-state index in [1.54, 1.807) is 6.07 Å². The lowest BCUT2D eigenvalue weighted by molar-refractivity contribution is 0.422. The fourth-order valence-corrected chi connectivity index (χ4v) is 5.22. The number of thioether (sulfide) groups is 2. The third kappa shape index (κ3) is 3.34. The topological polar surface area (TPSA) is 59.2 Å². The molecule has 1 aliphatic heterocycles. The number of hydrogen-bond donors (Lipinski definition) is 1. The van der Waals surface area contributed by atoms with Crippen molar-refractivity contribution in [3.63, 3.8) is 0 Å². The molecule has 3 rings (SSSR count). The summed E-state index contributed by atoms with van der Waals surface area (Å²) < 4.78 is 6.17. The molecule has 7 heteroatoms. The molecule has 0 radical (unpaired) electrons. The predicted octanol–water partition coefficient (Wildman–Crippen LogP) is 4.34. The molecule has 21 heavy (non-hydrogen) atoms. The van der Waals surface area contributed by atoms with Crippen molar-refractivity contribution < 1.29 is 9.63 Å². The molecule has 2 aromatic rings. The summed E-state index contributed by atoms with van der Waals surface area (Å²) in [5.41, 5.74) is 0.751. The second-order valence-corrected chi connectivity index (χ2v) is 9.15. The van der Waals surface area contributed by atoms with E-state index in [2.05, 4.69) is 46.6 Å².